The summed E-state index contributed by atoms with van der Waals surface area (Å²) in [7, 11) is 0.397. The Balaban J connectivity index is 1.80. The maximum Gasteiger partial charge on any atom is 0.238 e. The molecule has 1 amide bonds. The fourth-order valence-corrected chi connectivity index (χ4v) is 4.22. The van der Waals surface area contributed by atoms with Crippen LogP contribution in [0.3, 0.4) is 0 Å². The van der Waals surface area contributed by atoms with Gasteiger partial charge in [-0.05, 0) is 62.6 Å². The number of likely N-dealkylation sites (N-methyl/N-ethyl adjacent to an activating group) is 1. The van der Waals surface area contributed by atoms with Gasteiger partial charge in [-0.3, -0.25) is 4.79 Å². The predicted octanol–water partition coefficient (Wildman–Crippen LogP) is 4.19. The van der Waals surface area contributed by atoms with Crippen molar-refractivity contribution in [3.8, 4) is 0 Å². The third-order valence-corrected chi connectivity index (χ3v) is 5.82. The molecule has 4 aromatic rings. The fourth-order valence-electron chi connectivity index (χ4n) is 3.42. The van der Waals surface area contributed by atoms with Gasteiger partial charge in [0.05, 0.1) is 23.3 Å². The van der Waals surface area contributed by atoms with Crippen LogP contribution in [0.25, 0.3) is 11.0 Å². The number of amides is 1. The summed E-state index contributed by atoms with van der Waals surface area (Å²) in [5.41, 5.74) is 2.48. The summed E-state index contributed by atoms with van der Waals surface area (Å²) in [6, 6.07) is 20.7. The van der Waals surface area contributed by atoms with E-state index in [1.807, 2.05) is 6.07 Å². The van der Waals surface area contributed by atoms with Crippen LogP contribution in [0.15, 0.2) is 72.8 Å². The van der Waals surface area contributed by atoms with E-state index in [4.69, 9.17) is 11.6 Å². The minimum Gasteiger partial charge on any atom is -0.337 e. The molecule has 0 saturated carbocycles. The zero-order chi connectivity index (χ0) is 24.9. The first-order chi connectivity index (χ1) is 16.8. The Morgan fingerprint density at radius 1 is 0.914 bits per heavy atom. The number of thiol groups is 1. The summed E-state index contributed by atoms with van der Waals surface area (Å²) < 4.78 is 26.1. The van der Waals surface area contributed by atoms with Crippen molar-refractivity contribution in [2.75, 3.05) is 35.6 Å². The number of carbonyl (C=O) groups excluding carboxylic acids is 1. The first kappa shape index (κ1) is 24.4. The molecule has 0 bridgehead atoms. The first-order valence-corrected chi connectivity index (χ1v) is 12.1. The minimum absolute atomic E-state index is 0.0801. The molecule has 0 aliphatic rings. The lowest BCUT2D eigenvalue weighted by atomic mass is 10.2. The minimum atomic E-state index is -3.17. The number of aromatic nitrogens is 2. The highest BCUT2D eigenvalue weighted by Gasteiger charge is 2.21. The third-order valence-electron chi connectivity index (χ3n) is 4.84. The maximum absolute atomic E-state index is 12.5. The van der Waals surface area contributed by atoms with Gasteiger partial charge in [0, 0.05) is 16.4 Å². The van der Waals surface area contributed by atoms with Gasteiger partial charge < -0.3 is 15.5 Å². The quantitative estimate of drug-likeness (QED) is 0.305. The summed E-state index contributed by atoms with van der Waals surface area (Å²) in [4.78, 5) is 23.2. The highest BCUT2D eigenvalue weighted by atomic mass is 35.5. The molecule has 0 radical (unpaired) electrons. The Morgan fingerprint density at radius 3 is 2.29 bits per heavy atom. The molecule has 4 rings (SSSR count). The zero-order valence-electron chi connectivity index (χ0n) is 19.0. The number of anilines is 5. The molecular formula is C24H23ClN6O3S. The topological polar surface area (TPSA) is 108 Å². The van der Waals surface area contributed by atoms with Crippen molar-refractivity contribution < 1.29 is 13.2 Å². The van der Waals surface area contributed by atoms with Crippen LogP contribution in [0, 0.1) is 0 Å². The van der Waals surface area contributed by atoms with Gasteiger partial charge in [-0.15, -0.1) is 0 Å². The van der Waals surface area contributed by atoms with E-state index < -0.39 is 10.9 Å². The molecule has 0 unspecified atom stereocenters. The van der Waals surface area contributed by atoms with Crippen LogP contribution in [0.2, 0.25) is 5.02 Å². The van der Waals surface area contributed by atoms with Gasteiger partial charge >= 0.3 is 0 Å². The molecule has 0 aliphatic carbocycles. The Morgan fingerprint density at radius 2 is 1.60 bits per heavy atom. The number of rotatable bonds is 8. The number of fused-ring (bicyclic) bond motifs is 1. The number of benzene rings is 3. The lowest BCUT2D eigenvalue weighted by Crippen LogP contribution is -2.27. The van der Waals surface area contributed by atoms with Crippen LogP contribution in [0.5, 0.6) is 0 Å². The van der Waals surface area contributed by atoms with E-state index in [1.54, 1.807) is 85.7 Å². The number of hydrogen-bond acceptors (Lipinski definition) is 7. The molecule has 3 aromatic carbocycles. The van der Waals surface area contributed by atoms with Crippen LogP contribution >= 0.6 is 11.6 Å². The van der Waals surface area contributed by atoms with Gasteiger partial charge in [-0.25, -0.2) is 22.7 Å². The number of halogens is 1. The van der Waals surface area contributed by atoms with Gasteiger partial charge in [-0.2, -0.15) is 0 Å². The van der Waals surface area contributed by atoms with Gasteiger partial charge in [0.15, 0.2) is 11.6 Å². The second kappa shape index (κ2) is 10.7. The Hall–Kier alpha value is -3.73. The lowest BCUT2D eigenvalue weighted by molar-refractivity contribution is -0.116. The van der Waals surface area contributed by atoms with Gasteiger partial charge in [-0.1, -0.05) is 35.9 Å². The smallest absolute Gasteiger partial charge is 0.238 e. The van der Waals surface area contributed by atoms with E-state index >= 15 is 0 Å². The van der Waals surface area contributed by atoms with Crippen molar-refractivity contribution >= 4 is 68.1 Å². The van der Waals surface area contributed by atoms with Gasteiger partial charge in [0.25, 0.3) is 0 Å². The molecule has 0 saturated heterocycles. The standard InChI is InChI=1S/C24H23ClN6O3S/c1-30(2)15-22(32)26-18-9-6-10-19(14-18)31(35(33)34)24-23(27-17-8-5-7-16(25)13-17)28-20-11-3-4-12-21(20)29-24/h3-14,35H,15H2,1-2H3,(H,26,32)(H,27,28). The number of hydrogen-bond donors (Lipinski definition) is 3. The lowest BCUT2D eigenvalue weighted by Gasteiger charge is -2.21. The Labute approximate surface area is 209 Å². The molecule has 0 spiro atoms. The number of nitrogens with zero attached hydrogens (tertiary/aromatic N) is 4. The second-order valence-corrected chi connectivity index (χ2v) is 9.22. The van der Waals surface area contributed by atoms with Crippen LogP contribution in [-0.4, -0.2) is 49.8 Å². The van der Waals surface area contributed by atoms with Crippen molar-refractivity contribution in [1.82, 2.24) is 14.9 Å². The average Bonchev–Trinajstić information content (AvgIpc) is 2.79. The number of para-hydroxylation sites is 2. The van der Waals surface area contributed by atoms with E-state index in [-0.39, 0.29) is 24.1 Å². The van der Waals surface area contributed by atoms with E-state index in [9.17, 15) is 13.2 Å². The number of carbonyl (C=O) groups is 1. The van der Waals surface area contributed by atoms with E-state index in [0.717, 1.165) is 4.31 Å². The molecule has 1 aromatic heterocycles. The van der Waals surface area contributed by atoms with Gasteiger partial charge in [0.1, 0.15) is 0 Å². The predicted molar refractivity (Wildman–Crippen MR) is 140 cm³/mol. The highest BCUT2D eigenvalue weighted by Crippen LogP contribution is 2.34. The van der Waals surface area contributed by atoms with Gasteiger partial charge in [0.2, 0.25) is 16.8 Å². The molecule has 0 aliphatic heterocycles. The Bertz CT molecular complexity index is 1450. The molecular weight excluding hydrogens is 488 g/mol. The summed E-state index contributed by atoms with van der Waals surface area (Å²) in [5, 5.41) is 6.43. The van der Waals surface area contributed by atoms with Crippen molar-refractivity contribution in [2.24, 2.45) is 0 Å². The monoisotopic (exact) mass is 510 g/mol. The molecule has 0 fully saturated rings. The van der Waals surface area contributed by atoms with Crippen LogP contribution < -0.4 is 14.9 Å². The van der Waals surface area contributed by atoms with Crippen LogP contribution in [-0.2, 0) is 15.7 Å². The molecule has 2 N–H and O–H groups in total. The molecule has 9 nitrogen and oxygen atoms in total. The average molecular weight is 511 g/mol. The van der Waals surface area contributed by atoms with Crippen molar-refractivity contribution in [2.45, 2.75) is 0 Å². The first-order valence-electron chi connectivity index (χ1n) is 10.6. The summed E-state index contributed by atoms with van der Waals surface area (Å²) in [5.74, 6) is 0.0859. The number of nitrogens with one attached hydrogen (secondary N) is 2. The summed E-state index contributed by atoms with van der Waals surface area (Å²) in [6.45, 7) is 0.188. The molecule has 11 heteroatoms. The summed E-state index contributed by atoms with van der Waals surface area (Å²) in [6.07, 6.45) is 0. The maximum atomic E-state index is 12.5. The molecule has 180 valence electrons. The molecule has 1 heterocycles. The van der Waals surface area contributed by atoms with E-state index in [0.29, 0.717) is 33.1 Å². The fraction of sp³-hybridized carbons (Fsp3) is 0.125. The summed E-state index contributed by atoms with van der Waals surface area (Å²) >= 11 is 6.12. The second-order valence-electron chi connectivity index (χ2n) is 7.91. The SMILES string of the molecule is CN(C)CC(=O)Nc1cccc(N(c2nc3ccccc3nc2Nc2cccc(Cl)c2)[SH](=O)=O)c1. The molecule has 0 atom stereocenters. The van der Waals surface area contributed by atoms with Crippen molar-refractivity contribution in [1.29, 1.82) is 0 Å². The largest absolute Gasteiger partial charge is 0.337 e. The Kier molecular flexibility index (Phi) is 7.45. The van der Waals surface area contributed by atoms with Crippen LogP contribution in [0.4, 0.5) is 28.7 Å². The molecule has 35 heavy (non-hydrogen) atoms. The normalized spacial score (nSPS) is 11.1. The highest BCUT2D eigenvalue weighted by molar-refractivity contribution is 7.74. The van der Waals surface area contributed by atoms with Crippen molar-refractivity contribution in [3.63, 3.8) is 0 Å². The van der Waals surface area contributed by atoms with E-state index in [2.05, 4.69) is 20.6 Å². The van der Waals surface area contributed by atoms with E-state index in [1.165, 1.54) is 0 Å². The zero-order valence-corrected chi connectivity index (χ0v) is 20.6. The third kappa shape index (κ3) is 6.04. The van der Waals surface area contributed by atoms with Crippen molar-refractivity contribution in [3.05, 3.63) is 77.8 Å². The van der Waals surface area contributed by atoms with Crippen LogP contribution in [0.1, 0.15) is 0 Å².